The lowest BCUT2D eigenvalue weighted by Gasteiger charge is -2.24. The topological polar surface area (TPSA) is 78.5 Å². The minimum Gasteiger partial charge on any atom is -0.337 e. The fraction of sp³-hybridized carbons (Fsp3) is 0.312. The van der Waals surface area contributed by atoms with Crippen molar-refractivity contribution in [2.75, 3.05) is 24.9 Å². The van der Waals surface area contributed by atoms with Crippen LogP contribution in [0.1, 0.15) is 16.8 Å². The maximum atomic E-state index is 12.6. The molecule has 1 unspecified atom stereocenters. The second-order valence-electron chi connectivity index (χ2n) is 5.68. The molecule has 25 heavy (non-hydrogen) atoms. The van der Waals surface area contributed by atoms with E-state index in [0.717, 1.165) is 30.8 Å². The minimum absolute atomic E-state index is 0. The normalized spacial score (nSPS) is 16.9. The lowest BCUT2D eigenvalue weighted by Crippen LogP contribution is -2.38. The molecule has 1 aromatic heterocycles. The van der Waals surface area contributed by atoms with Crippen LogP contribution in [0.4, 0.5) is 5.69 Å². The molecule has 1 aliphatic rings. The number of anilines is 1. The molecule has 6 nitrogen and oxygen atoms in total. The molecule has 136 valence electrons. The van der Waals surface area contributed by atoms with Crippen LogP contribution in [0.15, 0.2) is 46.0 Å². The fourth-order valence-electron chi connectivity index (χ4n) is 2.68. The largest absolute Gasteiger partial charge is 0.337 e. The number of halogens is 1. The molecular weight excluding hydrogens is 382 g/mol. The van der Waals surface area contributed by atoms with Crippen LogP contribution in [0.5, 0.6) is 0 Å². The van der Waals surface area contributed by atoms with Gasteiger partial charge in [0.2, 0.25) is 0 Å². The Kier molecular flexibility index (Phi) is 6.45. The van der Waals surface area contributed by atoms with Crippen molar-refractivity contribution in [3.63, 3.8) is 0 Å². The number of nitrogens with zero attached hydrogens (tertiary/aromatic N) is 1. The van der Waals surface area contributed by atoms with E-state index >= 15 is 0 Å². The van der Waals surface area contributed by atoms with E-state index in [9.17, 15) is 13.2 Å². The molecule has 0 bridgehead atoms. The van der Waals surface area contributed by atoms with Gasteiger partial charge < -0.3 is 10.2 Å². The number of hydrogen-bond donors (Lipinski definition) is 2. The number of amides is 1. The highest BCUT2D eigenvalue weighted by Gasteiger charge is 2.24. The average molecular weight is 402 g/mol. The summed E-state index contributed by atoms with van der Waals surface area (Å²) in [5.41, 5.74) is 0.850. The van der Waals surface area contributed by atoms with E-state index in [1.54, 1.807) is 53.7 Å². The second kappa shape index (κ2) is 8.18. The van der Waals surface area contributed by atoms with Gasteiger partial charge in [-0.25, -0.2) is 8.42 Å². The van der Waals surface area contributed by atoms with E-state index in [-0.39, 0.29) is 28.6 Å². The Bertz CT molecular complexity index is 819. The number of benzene rings is 1. The smallest absolute Gasteiger partial charge is 0.271 e. The number of carbonyl (C=O) groups is 1. The summed E-state index contributed by atoms with van der Waals surface area (Å²) in [7, 11) is -1.83. The number of likely N-dealkylation sites (N-methyl/N-ethyl adjacent to an activating group) is 1. The molecule has 0 saturated carbocycles. The Balaban J connectivity index is 0.00000225. The molecule has 1 amide bonds. The molecule has 2 N–H and O–H groups in total. The maximum absolute atomic E-state index is 12.6. The SMILES string of the molecule is CN(C(=O)c1cccc(NS(=O)(=O)c2cccs2)c1)C1CCNC1.Cl. The van der Waals surface area contributed by atoms with Gasteiger partial charge in [0.05, 0.1) is 0 Å². The van der Waals surface area contributed by atoms with E-state index in [0.29, 0.717) is 11.3 Å². The van der Waals surface area contributed by atoms with E-state index in [1.165, 1.54) is 0 Å². The first-order valence-electron chi connectivity index (χ1n) is 7.61. The van der Waals surface area contributed by atoms with Gasteiger partial charge in [-0.05, 0) is 42.6 Å². The molecule has 3 rings (SSSR count). The van der Waals surface area contributed by atoms with Crippen molar-refractivity contribution in [1.82, 2.24) is 10.2 Å². The van der Waals surface area contributed by atoms with Gasteiger partial charge in [0, 0.05) is 30.9 Å². The minimum atomic E-state index is -3.61. The van der Waals surface area contributed by atoms with Gasteiger partial charge in [0.1, 0.15) is 4.21 Å². The van der Waals surface area contributed by atoms with Gasteiger partial charge in [-0.15, -0.1) is 23.7 Å². The first kappa shape index (κ1) is 19.7. The van der Waals surface area contributed by atoms with E-state index in [2.05, 4.69) is 10.0 Å². The summed E-state index contributed by atoms with van der Waals surface area (Å²) in [4.78, 5) is 14.3. The van der Waals surface area contributed by atoms with Crippen LogP contribution in [0.2, 0.25) is 0 Å². The van der Waals surface area contributed by atoms with Gasteiger partial charge in [-0.3, -0.25) is 9.52 Å². The molecular formula is C16H20ClN3O3S2. The van der Waals surface area contributed by atoms with Crippen molar-refractivity contribution in [2.45, 2.75) is 16.7 Å². The zero-order valence-corrected chi connectivity index (χ0v) is 16.1. The number of thiophene rings is 1. The summed E-state index contributed by atoms with van der Waals surface area (Å²) < 4.78 is 27.3. The zero-order valence-electron chi connectivity index (χ0n) is 13.6. The molecule has 1 aromatic carbocycles. The Morgan fingerprint density at radius 2 is 2.12 bits per heavy atom. The van der Waals surface area contributed by atoms with Crippen molar-refractivity contribution in [2.24, 2.45) is 0 Å². The van der Waals surface area contributed by atoms with E-state index < -0.39 is 10.0 Å². The van der Waals surface area contributed by atoms with Gasteiger partial charge >= 0.3 is 0 Å². The fourth-order valence-corrected chi connectivity index (χ4v) is 4.72. The van der Waals surface area contributed by atoms with Crippen molar-refractivity contribution in [3.05, 3.63) is 47.3 Å². The van der Waals surface area contributed by atoms with Gasteiger partial charge in [-0.2, -0.15) is 0 Å². The third-order valence-electron chi connectivity index (χ3n) is 4.02. The molecule has 2 aromatic rings. The standard InChI is InChI=1S/C16H19N3O3S2.ClH/c1-19(14-7-8-17-11-14)16(20)12-4-2-5-13(10-12)18-24(21,22)15-6-3-9-23-15;/h2-6,9-10,14,17-18H,7-8,11H2,1H3;1H. The zero-order chi connectivity index (χ0) is 17.2. The van der Waals surface area contributed by atoms with Crippen LogP contribution in [-0.4, -0.2) is 45.4 Å². The van der Waals surface area contributed by atoms with E-state index in [4.69, 9.17) is 0 Å². The molecule has 0 radical (unpaired) electrons. The number of nitrogens with one attached hydrogen (secondary N) is 2. The number of rotatable bonds is 5. The summed E-state index contributed by atoms with van der Waals surface area (Å²) >= 11 is 1.15. The molecule has 9 heteroatoms. The maximum Gasteiger partial charge on any atom is 0.271 e. The third kappa shape index (κ3) is 4.52. The van der Waals surface area contributed by atoms with Gasteiger partial charge in [-0.1, -0.05) is 12.1 Å². The number of hydrogen-bond acceptors (Lipinski definition) is 5. The quantitative estimate of drug-likeness (QED) is 0.806. The van der Waals surface area contributed by atoms with Crippen LogP contribution in [0.3, 0.4) is 0 Å². The van der Waals surface area contributed by atoms with Crippen LogP contribution in [0.25, 0.3) is 0 Å². The van der Waals surface area contributed by atoms with Gasteiger partial charge in [0.15, 0.2) is 0 Å². The summed E-state index contributed by atoms with van der Waals surface area (Å²) in [6.07, 6.45) is 0.924. The van der Waals surface area contributed by atoms with Crippen molar-refractivity contribution in [3.8, 4) is 0 Å². The van der Waals surface area contributed by atoms with Gasteiger partial charge in [0.25, 0.3) is 15.9 Å². The van der Waals surface area contributed by atoms with E-state index in [1.807, 2.05) is 0 Å². The highest BCUT2D eigenvalue weighted by atomic mass is 35.5. The number of sulfonamides is 1. The Hall–Kier alpha value is -1.61. The number of carbonyl (C=O) groups excluding carboxylic acids is 1. The van der Waals surface area contributed by atoms with Crippen molar-refractivity contribution < 1.29 is 13.2 Å². The molecule has 1 aliphatic heterocycles. The highest BCUT2D eigenvalue weighted by molar-refractivity contribution is 7.94. The van der Waals surface area contributed by atoms with Crippen molar-refractivity contribution in [1.29, 1.82) is 0 Å². The monoisotopic (exact) mass is 401 g/mol. The van der Waals surface area contributed by atoms with Crippen LogP contribution in [-0.2, 0) is 10.0 Å². The first-order valence-corrected chi connectivity index (χ1v) is 9.98. The molecule has 1 fully saturated rings. The van der Waals surface area contributed by atoms with Crippen LogP contribution < -0.4 is 10.0 Å². The highest BCUT2D eigenvalue weighted by Crippen LogP contribution is 2.21. The predicted molar refractivity (Wildman–Crippen MR) is 102 cm³/mol. The molecule has 2 heterocycles. The predicted octanol–water partition coefficient (Wildman–Crippen LogP) is 2.40. The lowest BCUT2D eigenvalue weighted by atomic mass is 10.1. The Labute approximate surface area is 157 Å². The summed E-state index contributed by atoms with van der Waals surface area (Å²) in [6, 6.07) is 9.99. The Morgan fingerprint density at radius 1 is 1.32 bits per heavy atom. The average Bonchev–Trinajstić information content (AvgIpc) is 3.26. The molecule has 1 atom stereocenters. The Morgan fingerprint density at radius 3 is 2.76 bits per heavy atom. The van der Waals surface area contributed by atoms with Crippen LogP contribution >= 0.6 is 23.7 Å². The summed E-state index contributed by atoms with van der Waals surface area (Å²) in [5, 5.41) is 4.94. The summed E-state index contributed by atoms with van der Waals surface area (Å²) in [6.45, 7) is 1.69. The van der Waals surface area contributed by atoms with Crippen molar-refractivity contribution >= 4 is 45.4 Å². The first-order chi connectivity index (χ1) is 11.5. The summed E-state index contributed by atoms with van der Waals surface area (Å²) in [5.74, 6) is -0.110. The molecule has 0 aliphatic carbocycles. The van der Waals surface area contributed by atoms with Crippen LogP contribution in [0, 0.1) is 0 Å². The second-order valence-corrected chi connectivity index (χ2v) is 8.54. The molecule has 0 spiro atoms. The third-order valence-corrected chi connectivity index (χ3v) is 6.80. The lowest BCUT2D eigenvalue weighted by molar-refractivity contribution is 0.0744. The molecule has 1 saturated heterocycles.